The largest absolute Gasteiger partial charge is 0.331 e. The molecule has 2 aliphatic heterocycles. The minimum atomic E-state index is 0.239. The summed E-state index contributed by atoms with van der Waals surface area (Å²) in [6.45, 7) is 2.20. The number of piperidine rings is 1. The standard InChI is InChI=1S/C28H28Cl2N6/c1-14-2-11-20(31-14)27-33-23(25(29)35-27)17-7-3-15(4-8-17)16-5-9-18(10-6-16)24-26(30)36-28(34-24)22-13-19-12-21(19)32-22/h3-10,14,19-22,31-32H,2,11-13H2,1H3,(H,33,35)(H,34,36)/t14-,19-,20+,21-,22+/m1/s1. The molecule has 2 aromatic carbocycles. The van der Waals surface area contributed by atoms with Crippen molar-refractivity contribution in [2.45, 2.75) is 56.8 Å². The average Bonchev–Trinajstić information content (AvgIpc) is 3.34. The number of hydrogen-bond donors (Lipinski definition) is 4. The Morgan fingerprint density at radius 2 is 1.19 bits per heavy atom. The fourth-order valence-electron chi connectivity index (χ4n) is 5.77. The van der Waals surface area contributed by atoms with Crippen molar-refractivity contribution in [2.75, 3.05) is 0 Å². The van der Waals surface area contributed by atoms with Crippen molar-refractivity contribution in [1.82, 2.24) is 30.6 Å². The minimum Gasteiger partial charge on any atom is -0.331 e. The molecule has 5 atom stereocenters. The van der Waals surface area contributed by atoms with Gasteiger partial charge in [0.1, 0.15) is 33.3 Å². The number of benzene rings is 2. The quantitative estimate of drug-likeness (QED) is 0.237. The molecule has 0 radical (unpaired) electrons. The lowest BCUT2D eigenvalue weighted by Gasteiger charge is -2.09. The van der Waals surface area contributed by atoms with E-state index in [9.17, 15) is 0 Å². The first-order valence-corrected chi connectivity index (χ1v) is 13.5. The van der Waals surface area contributed by atoms with E-state index in [4.69, 9.17) is 33.2 Å². The second-order valence-corrected chi connectivity index (χ2v) is 11.2. The molecule has 184 valence electrons. The van der Waals surface area contributed by atoms with Crippen molar-refractivity contribution in [1.29, 1.82) is 0 Å². The number of halogens is 2. The second kappa shape index (κ2) is 8.73. The van der Waals surface area contributed by atoms with Gasteiger partial charge in [0.2, 0.25) is 0 Å². The summed E-state index contributed by atoms with van der Waals surface area (Å²) in [5.74, 6) is 2.67. The van der Waals surface area contributed by atoms with Crippen molar-refractivity contribution in [2.24, 2.45) is 5.92 Å². The number of H-pyrrole nitrogens is 2. The third kappa shape index (κ3) is 4.06. The maximum atomic E-state index is 6.53. The fourth-order valence-corrected chi connectivity index (χ4v) is 6.26. The van der Waals surface area contributed by atoms with Crippen LogP contribution in [0.5, 0.6) is 0 Å². The molecule has 1 saturated carbocycles. The monoisotopic (exact) mass is 518 g/mol. The highest BCUT2D eigenvalue weighted by Gasteiger charge is 2.47. The minimum absolute atomic E-state index is 0.239. The molecular formula is C28H28Cl2N6. The van der Waals surface area contributed by atoms with Crippen LogP contribution in [-0.2, 0) is 0 Å². The molecule has 4 N–H and O–H groups in total. The van der Waals surface area contributed by atoms with Gasteiger partial charge in [0, 0.05) is 23.2 Å². The first-order chi connectivity index (χ1) is 17.5. The van der Waals surface area contributed by atoms with Crippen LogP contribution in [0.25, 0.3) is 33.6 Å². The summed E-state index contributed by atoms with van der Waals surface area (Å²) in [7, 11) is 0. The predicted molar refractivity (Wildman–Crippen MR) is 144 cm³/mol. The van der Waals surface area contributed by atoms with Crippen LogP contribution < -0.4 is 10.6 Å². The molecule has 6 nitrogen and oxygen atoms in total. The maximum absolute atomic E-state index is 6.53. The summed E-state index contributed by atoms with van der Waals surface area (Å²) in [6.07, 6.45) is 4.66. The van der Waals surface area contributed by atoms with E-state index >= 15 is 0 Å². The Bertz CT molecular complexity index is 1300. The zero-order chi connectivity index (χ0) is 24.4. The lowest BCUT2D eigenvalue weighted by atomic mass is 10.0. The van der Waals surface area contributed by atoms with E-state index in [1.807, 2.05) is 0 Å². The van der Waals surface area contributed by atoms with Crippen molar-refractivity contribution in [3.63, 3.8) is 0 Å². The lowest BCUT2D eigenvalue weighted by Crippen LogP contribution is -2.21. The van der Waals surface area contributed by atoms with Crippen molar-refractivity contribution < 1.29 is 0 Å². The zero-order valence-corrected chi connectivity index (χ0v) is 21.5. The first kappa shape index (κ1) is 22.5. The molecule has 1 aliphatic carbocycles. The van der Waals surface area contributed by atoms with Crippen molar-refractivity contribution in [3.8, 4) is 33.6 Å². The number of fused-ring (bicyclic) bond motifs is 1. The molecule has 4 aromatic rings. The van der Waals surface area contributed by atoms with Crippen molar-refractivity contribution in [3.05, 3.63) is 70.5 Å². The third-order valence-corrected chi connectivity index (χ3v) is 8.46. The topological polar surface area (TPSA) is 81.4 Å². The molecule has 3 aliphatic rings. The van der Waals surface area contributed by atoms with Gasteiger partial charge in [0.15, 0.2) is 0 Å². The summed E-state index contributed by atoms with van der Waals surface area (Å²) >= 11 is 13.1. The van der Waals surface area contributed by atoms with Crippen LogP contribution in [0, 0.1) is 5.92 Å². The van der Waals surface area contributed by atoms with Gasteiger partial charge in [-0.05, 0) is 49.7 Å². The Kier molecular flexibility index (Phi) is 5.47. The average molecular weight is 519 g/mol. The molecule has 0 bridgehead atoms. The van der Waals surface area contributed by atoms with Crippen LogP contribution in [0.15, 0.2) is 48.5 Å². The molecule has 3 fully saturated rings. The van der Waals surface area contributed by atoms with Gasteiger partial charge < -0.3 is 20.6 Å². The summed E-state index contributed by atoms with van der Waals surface area (Å²) in [5.41, 5.74) is 5.89. The summed E-state index contributed by atoms with van der Waals surface area (Å²) in [6, 6.07) is 18.5. The van der Waals surface area contributed by atoms with Crippen LogP contribution in [-0.4, -0.2) is 32.0 Å². The molecule has 4 heterocycles. The van der Waals surface area contributed by atoms with Crippen LogP contribution in [0.3, 0.4) is 0 Å². The molecule has 7 rings (SSSR count). The number of nitrogens with one attached hydrogen (secondary N) is 4. The highest BCUT2D eigenvalue weighted by atomic mass is 35.5. The molecule has 36 heavy (non-hydrogen) atoms. The van der Waals surface area contributed by atoms with Crippen LogP contribution in [0.2, 0.25) is 10.3 Å². The fraction of sp³-hybridized carbons (Fsp3) is 0.357. The molecule has 2 aromatic heterocycles. The Morgan fingerprint density at radius 1 is 0.667 bits per heavy atom. The van der Waals surface area contributed by atoms with E-state index in [0.29, 0.717) is 22.4 Å². The van der Waals surface area contributed by atoms with Gasteiger partial charge in [-0.1, -0.05) is 71.7 Å². The Hall–Kier alpha value is -2.64. The van der Waals surface area contributed by atoms with Crippen LogP contribution in [0.4, 0.5) is 0 Å². The molecule has 8 heteroatoms. The summed E-state index contributed by atoms with van der Waals surface area (Å²) < 4.78 is 0. The van der Waals surface area contributed by atoms with E-state index in [1.165, 1.54) is 6.42 Å². The summed E-state index contributed by atoms with van der Waals surface area (Å²) in [5, 5.41) is 8.38. The Balaban J connectivity index is 1.08. The van der Waals surface area contributed by atoms with Crippen molar-refractivity contribution >= 4 is 23.2 Å². The van der Waals surface area contributed by atoms with E-state index in [-0.39, 0.29) is 12.1 Å². The highest BCUT2D eigenvalue weighted by Crippen LogP contribution is 2.46. The van der Waals surface area contributed by atoms with Gasteiger partial charge in [-0.3, -0.25) is 0 Å². The molecule has 0 unspecified atom stereocenters. The van der Waals surface area contributed by atoms with Gasteiger partial charge in [-0.15, -0.1) is 0 Å². The Morgan fingerprint density at radius 3 is 1.67 bits per heavy atom. The van der Waals surface area contributed by atoms with Gasteiger partial charge in [-0.2, -0.15) is 0 Å². The number of nitrogens with zero attached hydrogens (tertiary/aromatic N) is 2. The highest BCUT2D eigenvalue weighted by molar-refractivity contribution is 6.32. The molecular weight excluding hydrogens is 491 g/mol. The van der Waals surface area contributed by atoms with E-state index in [0.717, 1.165) is 70.5 Å². The third-order valence-electron chi connectivity index (χ3n) is 7.92. The van der Waals surface area contributed by atoms with Gasteiger partial charge in [-0.25, -0.2) is 9.97 Å². The maximum Gasteiger partial charge on any atom is 0.134 e. The number of imidazole rings is 2. The van der Waals surface area contributed by atoms with E-state index in [2.05, 4.69) is 76.1 Å². The normalized spacial score (nSPS) is 26.9. The van der Waals surface area contributed by atoms with Gasteiger partial charge in [0.25, 0.3) is 0 Å². The van der Waals surface area contributed by atoms with Crippen LogP contribution >= 0.6 is 23.2 Å². The van der Waals surface area contributed by atoms with E-state index < -0.39 is 0 Å². The van der Waals surface area contributed by atoms with Crippen LogP contribution in [0.1, 0.15) is 56.3 Å². The lowest BCUT2D eigenvalue weighted by molar-refractivity contribution is 0.543. The second-order valence-electron chi connectivity index (χ2n) is 10.5. The molecule has 0 amide bonds. The SMILES string of the molecule is C[C@@H]1CC[C@@H](c2nc(-c3ccc(-c4ccc(-c5nc([C@@H]6C[C@H]7C[C@H]7N6)[nH]c5Cl)cc4)cc3)c(Cl)[nH]2)N1. The number of aromatic amines is 2. The van der Waals surface area contributed by atoms with Gasteiger partial charge in [0.05, 0.1) is 12.1 Å². The Labute approximate surface area is 220 Å². The number of rotatable bonds is 5. The molecule has 2 saturated heterocycles. The first-order valence-electron chi connectivity index (χ1n) is 12.8. The number of hydrogen-bond acceptors (Lipinski definition) is 4. The molecule has 0 spiro atoms. The zero-order valence-electron chi connectivity index (χ0n) is 20.0. The summed E-state index contributed by atoms with van der Waals surface area (Å²) in [4.78, 5) is 16.2. The number of aromatic nitrogens is 4. The smallest absolute Gasteiger partial charge is 0.134 e. The van der Waals surface area contributed by atoms with E-state index in [1.54, 1.807) is 0 Å². The van der Waals surface area contributed by atoms with Gasteiger partial charge >= 0.3 is 0 Å². The predicted octanol–water partition coefficient (Wildman–Crippen LogP) is 6.68.